The molecule has 0 bridgehead atoms. The Balaban J connectivity index is 2.11. The van der Waals surface area contributed by atoms with E-state index in [0.29, 0.717) is 17.2 Å². The normalized spacial score (nSPS) is 18.7. The Morgan fingerprint density at radius 3 is 2.11 bits per heavy atom. The number of methoxy groups -OCH3 is 3. The van der Waals surface area contributed by atoms with Crippen molar-refractivity contribution in [3.8, 4) is 17.2 Å². The summed E-state index contributed by atoms with van der Waals surface area (Å²) in [5.74, 6) is 1.31. The maximum absolute atomic E-state index is 12.8. The highest BCUT2D eigenvalue weighted by Crippen LogP contribution is 2.41. The van der Waals surface area contributed by atoms with Crippen LogP contribution in [0.2, 0.25) is 0 Å². The number of hydrogen-bond acceptors (Lipinski definition) is 6. The fraction of sp³-hybridized carbons (Fsp3) is 0.263. The Hall–Kier alpha value is -2.74. The van der Waals surface area contributed by atoms with Gasteiger partial charge in [-0.05, 0) is 35.4 Å². The fourth-order valence-electron chi connectivity index (χ4n) is 3.18. The van der Waals surface area contributed by atoms with E-state index in [4.69, 9.17) is 19.9 Å². The van der Waals surface area contributed by atoms with Gasteiger partial charge >= 0.3 is 0 Å². The first-order valence-corrected chi connectivity index (χ1v) is 8.94. The van der Waals surface area contributed by atoms with Crippen LogP contribution >= 0.6 is 15.9 Å². The van der Waals surface area contributed by atoms with Gasteiger partial charge in [0.15, 0.2) is 23.0 Å². The molecule has 0 aromatic heterocycles. The van der Waals surface area contributed by atoms with Gasteiger partial charge in [0.2, 0.25) is 5.75 Å². The average Bonchev–Trinajstić information content (AvgIpc) is 2.95. The zero-order valence-electron chi connectivity index (χ0n) is 15.2. The third kappa shape index (κ3) is 3.44. The quantitative estimate of drug-likeness (QED) is 0.728. The molecule has 0 unspecified atom stereocenters. The van der Waals surface area contributed by atoms with Gasteiger partial charge in [0.05, 0.1) is 21.3 Å². The van der Waals surface area contributed by atoms with Crippen molar-refractivity contribution in [2.75, 3.05) is 21.3 Å². The summed E-state index contributed by atoms with van der Waals surface area (Å²) in [4.78, 5) is 17.3. The molecule has 3 rings (SSSR count). The Labute approximate surface area is 165 Å². The first-order valence-electron chi connectivity index (χ1n) is 8.15. The Kier molecular flexibility index (Phi) is 5.27. The number of carbonyl (C=O) groups is 1. The highest BCUT2D eigenvalue weighted by molar-refractivity contribution is 9.10. The lowest BCUT2D eigenvalue weighted by Crippen LogP contribution is -2.40. The fourth-order valence-corrected chi connectivity index (χ4v) is 3.44. The summed E-state index contributed by atoms with van der Waals surface area (Å²) in [7, 11) is 4.63. The summed E-state index contributed by atoms with van der Waals surface area (Å²) in [6.45, 7) is 0. The number of guanidine groups is 1. The number of ether oxygens (including phenoxy) is 3. The van der Waals surface area contributed by atoms with Crippen molar-refractivity contribution in [2.45, 2.75) is 12.0 Å². The van der Waals surface area contributed by atoms with Crippen LogP contribution in [-0.4, -0.2) is 33.2 Å². The highest BCUT2D eigenvalue weighted by Gasteiger charge is 2.45. The van der Waals surface area contributed by atoms with E-state index in [1.165, 1.54) is 0 Å². The second-order valence-electron chi connectivity index (χ2n) is 6.03. The number of benzene rings is 2. The summed E-state index contributed by atoms with van der Waals surface area (Å²) in [6.07, 6.45) is 0.276. The van der Waals surface area contributed by atoms with Crippen molar-refractivity contribution >= 4 is 27.8 Å². The molecule has 1 atom stereocenters. The molecular formula is C19H20BrN3O4. The van der Waals surface area contributed by atoms with Gasteiger partial charge in [-0.2, -0.15) is 0 Å². The van der Waals surface area contributed by atoms with Crippen LogP contribution in [0.4, 0.5) is 0 Å². The molecule has 0 radical (unpaired) electrons. The van der Waals surface area contributed by atoms with Crippen LogP contribution in [0.1, 0.15) is 11.1 Å². The van der Waals surface area contributed by atoms with E-state index in [9.17, 15) is 4.79 Å². The van der Waals surface area contributed by atoms with Crippen molar-refractivity contribution < 1.29 is 19.0 Å². The number of rotatable bonds is 6. The third-order valence-corrected chi connectivity index (χ3v) is 4.96. The molecule has 0 spiro atoms. The Morgan fingerprint density at radius 1 is 1.07 bits per heavy atom. The first-order chi connectivity index (χ1) is 12.9. The number of carbonyl (C=O) groups excluding carboxylic acids is 1. The zero-order valence-corrected chi connectivity index (χ0v) is 16.8. The van der Waals surface area contributed by atoms with Crippen molar-refractivity contribution in [2.24, 2.45) is 10.7 Å². The summed E-state index contributed by atoms with van der Waals surface area (Å²) in [6, 6.07) is 11.0. The minimum absolute atomic E-state index is 0.0929. The number of halogens is 1. The van der Waals surface area contributed by atoms with Gasteiger partial charge in [0.1, 0.15) is 0 Å². The van der Waals surface area contributed by atoms with Crippen LogP contribution < -0.4 is 25.3 Å². The Bertz CT molecular complexity index is 873. The number of aliphatic imine (C=N–C) groups is 1. The van der Waals surface area contributed by atoms with Crippen LogP contribution in [0.25, 0.3) is 0 Å². The van der Waals surface area contributed by atoms with Crippen LogP contribution in [0.5, 0.6) is 17.2 Å². The molecule has 0 aliphatic carbocycles. The molecule has 1 aliphatic rings. The van der Waals surface area contributed by atoms with Gasteiger partial charge in [0, 0.05) is 10.9 Å². The van der Waals surface area contributed by atoms with Gasteiger partial charge in [0.25, 0.3) is 5.91 Å². The van der Waals surface area contributed by atoms with Crippen molar-refractivity contribution in [1.29, 1.82) is 0 Å². The molecule has 1 heterocycles. The number of nitrogens with zero attached hydrogens (tertiary/aromatic N) is 1. The molecule has 1 amide bonds. The molecular weight excluding hydrogens is 414 g/mol. The molecule has 3 N–H and O–H groups in total. The van der Waals surface area contributed by atoms with Crippen molar-refractivity contribution in [1.82, 2.24) is 5.32 Å². The summed E-state index contributed by atoms with van der Waals surface area (Å²) >= 11 is 3.41. The molecule has 2 aromatic rings. The van der Waals surface area contributed by atoms with Crippen molar-refractivity contribution in [3.05, 3.63) is 52.0 Å². The van der Waals surface area contributed by atoms with Gasteiger partial charge in [-0.1, -0.05) is 28.1 Å². The topological polar surface area (TPSA) is 95.2 Å². The largest absolute Gasteiger partial charge is 0.493 e. The highest BCUT2D eigenvalue weighted by atomic mass is 79.9. The lowest BCUT2D eigenvalue weighted by atomic mass is 9.84. The predicted molar refractivity (Wildman–Crippen MR) is 105 cm³/mol. The number of nitrogens with one attached hydrogen (secondary N) is 1. The third-order valence-electron chi connectivity index (χ3n) is 4.43. The smallest absolute Gasteiger partial charge is 0.259 e. The van der Waals surface area contributed by atoms with E-state index in [1.807, 2.05) is 24.3 Å². The monoisotopic (exact) mass is 433 g/mol. The molecule has 27 heavy (non-hydrogen) atoms. The summed E-state index contributed by atoms with van der Waals surface area (Å²) in [5, 5.41) is 2.61. The summed E-state index contributed by atoms with van der Waals surface area (Å²) in [5.41, 5.74) is 6.17. The maximum Gasteiger partial charge on any atom is 0.259 e. The van der Waals surface area contributed by atoms with E-state index >= 15 is 0 Å². The molecule has 142 valence electrons. The molecule has 2 aromatic carbocycles. The molecule has 8 heteroatoms. The van der Waals surface area contributed by atoms with Crippen LogP contribution in [0.3, 0.4) is 0 Å². The standard InChI is InChI=1S/C19H20BrN3O4/c1-25-14-8-11(9-15(26-2)16(14)27-3)10-19(17(24)22-18(21)23-19)12-4-6-13(20)7-5-12/h4-9H,10H2,1-3H3,(H3,21,22,23,24)/t19-/m1/s1. The zero-order chi connectivity index (χ0) is 19.6. The lowest BCUT2D eigenvalue weighted by Gasteiger charge is -2.25. The summed E-state index contributed by atoms with van der Waals surface area (Å²) < 4.78 is 17.1. The van der Waals surface area contributed by atoms with E-state index < -0.39 is 5.54 Å². The van der Waals surface area contributed by atoms with Gasteiger partial charge < -0.3 is 19.9 Å². The van der Waals surface area contributed by atoms with E-state index in [1.54, 1.807) is 33.5 Å². The second kappa shape index (κ2) is 7.48. The van der Waals surface area contributed by atoms with Crippen LogP contribution in [-0.2, 0) is 16.8 Å². The number of nitrogens with two attached hydrogens (primary N) is 1. The number of hydrogen-bond donors (Lipinski definition) is 2. The average molecular weight is 434 g/mol. The van der Waals surface area contributed by atoms with Gasteiger partial charge in [-0.15, -0.1) is 0 Å². The predicted octanol–water partition coefficient (Wildman–Crippen LogP) is 2.36. The molecule has 0 saturated heterocycles. The van der Waals surface area contributed by atoms with E-state index in [-0.39, 0.29) is 18.3 Å². The first kappa shape index (κ1) is 19.0. The molecule has 1 aliphatic heterocycles. The SMILES string of the molecule is COc1cc(C[C@]2(c3ccc(Br)cc3)N=C(N)NC2=O)cc(OC)c1OC. The molecule has 7 nitrogen and oxygen atoms in total. The maximum atomic E-state index is 12.8. The molecule has 0 fully saturated rings. The van der Waals surface area contributed by atoms with Gasteiger partial charge in [-0.25, -0.2) is 4.99 Å². The minimum Gasteiger partial charge on any atom is -0.493 e. The molecule has 0 saturated carbocycles. The van der Waals surface area contributed by atoms with Crippen molar-refractivity contribution in [3.63, 3.8) is 0 Å². The lowest BCUT2D eigenvalue weighted by molar-refractivity contribution is -0.124. The van der Waals surface area contributed by atoms with Crippen LogP contribution in [0.15, 0.2) is 45.9 Å². The Morgan fingerprint density at radius 2 is 1.67 bits per heavy atom. The van der Waals surface area contributed by atoms with Gasteiger partial charge in [-0.3, -0.25) is 10.1 Å². The minimum atomic E-state index is -1.17. The van der Waals surface area contributed by atoms with E-state index in [0.717, 1.165) is 15.6 Å². The van der Waals surface area contributed by atoms with E-state index in [2.05, 4.69) is 26.2 Å². The second-order valence-corrected chi connectivity index (χ2v) is 6.94. The number of amides is 1. The van der Waals surface area contributed by atoms with Crippen LogP contribution in [0, 0.1) is 0 Å².